The molecule has 0 nitrogen and oxygen atoms in total. The zero-order chi connectivity index (χ0) is 15.8. The normalized spacial score (nSPS) is 52.7. The molecule has 0 aliphatic heterocycles. The molecule has 2 aliphatic carbocycles. The molecule has 10 radical (unpaired) electrons. The summed E-state index contributed by atoms with van der Waals surface area (Å²) in [6.07, 6.45) is -3.24. The summed E-state index contributed by atoms with van der Waals surface area (Å²) >= 11 is 0. The van der Waals surface area contributed by atoms with Gasteiger partial charge in [-0.05, 0) is 64.0 Å². The van der Waals surface area contributed by atoms with E-state index in [0.29, 0.717) is 0 Å². The standard InChI is InChI=1S/2C5H5.Fe/c2*1-2-4-5-3-1;/h2*1-5H;/q;;+2/i2*1D,2D,3D,4D,5D;. The van der Waals surface area contributed by atoms with E-state index < -0.39 is 0 Å². The van der Waals surface area contributed by atoms with Crippen molar-refractivity contribution >= 4 is 0 Å². The van der Waals surface area contributed by atoms with Crippen LogP contribution in [0.5, 0.6) is 0 Å². The summed E-state index contributed by atoms with van der Waals surface area (Å²) in [6.45, 7) is 0. The van der Waals surface area contributed by atoms with E-state index in [9.17, 15) is 0 Å². The Hall–Kier alpha value is 0.519. The van der Waals surface area contributed by atoms with E-state index >= 15 is 0 Å². The van der Waals surface area contributed by atoms with E-state index in [0.717, 1.165) is 0 Å². The Morgan fingerprint density at radius 2 is 0.545 bits per heavy atom. The molecule has 0 amide bonds. The fraction of sp³-hybridized carbons (Fsp3) is 0. The Morgan fingerprint density at radius 3 is 0.636 bits per heavy atom. The minimum absolute atomic E-state index is 0. The average molecular weight is 196 g/mol. The molecule has 0 spiro atoms. The molecule has 0 aromatic heterocycles. The largest absolute Gasteiger partial charge is 2.00 e. The third-order valence-corrected chi connectivity index (χ3v) is 0.625. The molecule has 0 saturated heterocycles. The van der Waals surface area contributed by atoms with Crippen molar-refractivity contribution < 1.29 is 30.8 Å². The molecule has 0 heterocycles. The molecule has 11 heavy (non-hydrogen) atoms. The van der Waals surface area contributed by atoms with Crippen LogP contribution in [0.1, 0.15) is 13.7 Å². The molecule has 1 heteroatoms. The minimum Gasteiger partial charge on any atom is -0.0312 e. The molecule has 2 rings (SSSR count). The quantitative estimate of drug-likeness (QED) is 0.520. The summed E-state index contributed by atoms with van der Waals surface area (Å²) in [5.41, 5.74) is 0. The van der Waals surface area contributed by atoms with Gasteiger partial charge in [0.2, 0.25) is 0 Å². The summed E-state index contributed by atoms with van der Waals surface area (Å²) in [7, 11) is 0. The van der Waals surface area contributed by atoms with Gasteiger partial charge >= 0.3 is 17.1 Å². The molecule has 2 fully saturated rings. The van der Waals surface area contributed by atoms with Gasteiger partial charge in [-0.15, -0.1) is 0 Å². The smallest absolute Gasteiger partial charge is 0.0312 e. The van der Waals surface area contributed by atoms with E-state index in [2.05, 4.69) is 0 Å². The maximum absolute atomic E-state index is 6.99. The number of hydrogen-bond donors (Lipinski definition) is 0. The molecule has 2 aliphatic rings. The maximum Gasteiger partial charge on any atom is 2.00 e. The first-order valence-electron chi connectivity index (χ1n) is 7.50. The first-order valence-corrected chi connectivity index (χ1v) is 2.50. The molecule has 0 aromatic carbocycles. The van der Waals surface area contributed by atoms with Crippen LogP contribution < -0.4 is 0 Å². The van der Waals surface area contributed by atoms with Gasteiger partial charge in [-0.25, -0.2) is 0 Å². The second-order valence-electron chi connectivity index (χ2n) is 1.25. The minimum atomic E-state index is -0.324. The molecule has 56 valence electrons. The van der Waals surface area contributed by atoms with Crippen molar-refractivity contribution in [2.45, 2.75) is 0 Å². The Kier molecular flexibility index (Phi) is 2.37. The molecule has 0 N–H and O–H groups in total. The van der Waals surface area contributed by atoms with Crippen LogP contribution in [0.2, 0.25) is 0 Å². The number of hydrogen-bond acceptors (Lipinski definition) is 0. The van der Waals surface area contributed by atoms with Gasteiger partial charge in [0.15, 0.2) is 0 Å². The van der Waals surface area contributed by atoms with Crippen LogP contribution in [0.15, 0.2) is 0 Å². The maximum atomic E-state index is 6.99. The van der Waals surface area contributed by atoms with Gasteiger partial charge in [0, 0.05) is 13.7 Å². The van der Waals surface area contributed by atoms with E-state index in [-0.39, 0.29) is 81.0 Å². The van der Waals surface area contributed by atoms with E-state index in [1.54, 1.807) is 0 Å². The second kappa shape index (κ2) is 8.61. The predicted molar refractivity (Wildman–Crippen MR) is 43.0 cm³/mol. The summed E-state index contributed by atoms with van der Waals surface area (Å²) in [5.74, 6) is 0. The van der Waals surface area contributed by atoms with Gasteiger partial charge in [0.25, 0.3) is 0 Å². The van der Waals surface area contributed by atoms with Crippen LogP contribution in [0, 0.1) is 64.0 Å². The summed E-state index contributed by atoms with van der Waals surface area (Å²) in [5, 5.41) is 0. The molecule has 0 bridgehead atoms. The van der Waals surface area contributed by atoms with Crippen molar-refractivity contribution in [1.82, 2.24) is 0 Å². The molecular weight excluding hydrogens is 176 g/mol. The zero-order valence-electron chi connectivity index (χ0n) is 15.4. The van der Waals surface area contributed by atoms with Crippen molar-refractivity contribution in [2.75, 3.05) is 0 Å². The SMILES string of the molecule is [2H][C]1[C]([2H])[C]([2H])[C]([2H])[C]1[2H].[2H][C]1[C]([2H])[C]([2H])[C]([2H])[C]1[2H].[Fe+2]. The number of rotatable bonds is 0. The third kappa shape index (κ3) is 6.90. The van der Waals surface area contributed by atoms with Crippen molar-refractivity contribution in [3.63, 3.8) is 0 Å². The Balaban J connectivity index is 0.000000364. The van der Waals surface area contributed by atoms with Gasteiger partial charge in [0.05, 0.1) is 0 Å². The third-order valence-electron chi connectivity index (χ3n) is 0.625. The zero-order valence-corrected chi connectivity index (χ0v) is 6.46. The Bertz CT molecular complexity index is 201. The van der Waals surface area contributed by atoms with Gasteiger partial charge in [0.1, 0.15) is 0 Å². The summed E-state index contributed by atoms with van der Waals surface area (Å²) < 4.78 is 69.9. The molecule has 0 aromatic rings. The van der Waals surface area contributed by atoms with Crippen molar-refractivity contribution in [3.05, 3.63) is 64.0 Å². The molecule has 0 atom stereocenters. The van der Waals surface area contributed by atoms with Crippen LogP contribution in [0.4, 0.5) is 0 Å². The first kappa shape index (κ1) is 3.03. The summed E-state index contributed by atoms with van der Waals surface area (Å²) in [4.78, 5) is 0. The van der Waals surface area contributed by atoms with E-state index in [1.807, 2.05) is 0 Å². The van der Waals surface area contributed by atoms with Crippen LogP contribution in [0.25, 0.3) is 0 Å². The van der Waals surface area contributed by atoms with Crippen LogP contribution in [0.3, 0.4) is 0 Å². The monoisotopic (exact) mass is 196 g/mol. The van der Waals surface area contributed by atoms with Crippen LogP contribution in [-0.2, 0) is 17.1 Å². The molecule has 2 saturated carbocycles. The Morgan fingerprint density at radius 1 is 0.455 bits per heavy atom. The Labute approximate surface area is 95.7 Å². The van der Waals surface area contributed by atoms with Gasteiger partial charge in [-0.2, -0.15) is 0 Å². The molecular formula is C10H10Fe+2. The van der Waals surface area contributed by atoms with Crippen LogP contribution >= 0.6 is 0 Å². The van der Waals surface area contributed by atoms with E-state index in [1.165, 1.54) is 0 Å². The molecule has 0 unspecified atom stereocenters. The topological polar surface area (TPSA) is 0 Å². The van der Waals surface area contributed by atoms with Gasteiger partial charge in [-0.3, -0.25) is 0 Å². The van der Waals surface area contributed by atoms with Gasteiger partial charge in [-0.1, -0.05) is 0 Å². The van der Waals surface area contributed by atoms with Crippen LogP contribution in [-0.4, -0.2) is 0 Å². The van der Waals surface area contributed by atoms with Crippen molar-refractivity contribution in [2.24, 2.45) is 0 Å². The summed E-state index contributed by atoms with van der Waals surface area (Å²) in [6, 6.07) is 0. The second-order valence-corrected chi connectivity index (χ2v) is 1.25. The first-order chi connectivity index (χ1) is 9.11. The fourth-order valence-electron chi connectivity index (χ4n) is 0.312. The van der Waals surface area contributed by atoms with Crippen molar-refractivity contribution in [3.8, 4) is 0 Å². The predicted octanol–water partition coefficient (Wildman–Crippen LogP) is 2.04. The average Bonchev–Trinajstić information content (AvgIpc) is 2.71. The van der Waals surface area contributed by atoms with E-state index in [4.69, 9.17) is 13.7 Å². The van der Waals surface area contributed by atoms with Gasteiger partial charge < -0.3 is 0 Å². The fourth-order valence-corrected chi connectivity index (χ4v) is 0.312. The van der Waals surface area contributed by atoms with Crippen molar-refractivity contribution in [1.29, 1.82) is 0 Å².